The van der Waals surface area contributed by atoms with Crippen molar-refractivity contribution < 1.29 is 9.53 Å². The summed E-state index contributed by atoms with van der Waals surface area (Å²) in [5.74, 6) is 0.792. The van der Waals surface area contributed by atoms with Crippen molar-refractivity contribution >= 4 is 27.5 Å². The van der Waals surface area contributed by atoms with E-state index in [0.29, 0.717) is 18.8 Å². The fourth-order valence-electron chi connectivity index (χ4n) is 2.41. The van der Waals surface area contributed by atoms with Gasteiger partial charge in [0.15, 0.2) is 0 Å². The second-order valence-electron chi connectivity index (χ2n) is 5.02. The molecule has 0 radical (unpaired) electrons. The third-order valence-electron chi connectivity index (χ3n) is 3.58. The van der Waals surface area contributed by atoms with Crippen LogP contribution in [0.3, 0.4) is 0 Å². The molecule has 5 heteroatoms. The normalized spacial score (nSPS) is 10.8. The van der Waals surface area contributed by atoms with E-state index in [0.717, 1.165) is 21.5 Å². The summed E-state index contributed by atoms with van der Waals surface area (Å²) in [4.78, 5) is 12.3. The van der Waals surface area contributed by atoms with Gasteiger partial charge in [-0.05, 0) is 42.1 Å². The van der Waals surface area contributed by atoms with E-state index in [4.69, 9.17) is 4.74 Å². The van der Waals surface area contributed by atoms with Crippen LogP contribution < -0.4 is 10.1 Å². The standard InChI is InChI=1S/C17H18N2O2S/c1-3-21-13-6-4-12(5-7-13)11-18-17(20)15-10-16-14(19(15)2)8-9-22-16/h4-10H,3,11H2,1-2H3,(H,18,20). The molecule has 0 aliphatic rings. The second-order valence-corrected chi connectivity index (χ2v) is 5.97. The molecule has 0 unspecified atom stereocenters. The number of aryl methyl sites for hydroxylation is 1. The first-order valence-electron chi connectivity index (χ1n) is 7.22. The number of hydrogen-bond acceptors (Lipinski definition) is 3. The molecule has 0 bridgehead atoms. The number of nitrogens with one attached hydrogen (secondary N) is 1. The lowest BCUT2D eigenvalue weighted by atomic mass is 10.2. The largest absolute Gasteiger partial charge is 0.494 e. The van der Waals surface area contributed by atoms with Gasteiger partial charge < -0.3 is 14.6 Å². The highest BCUT2D eigenvalue weighted by atomic mass is 32.1. The fourth-order valence-corrected chi connectivity index (χ4v) is 3.26. The number of fused-ring (bicyclic) bond motifs is 1. The van der Waals surface area contributed by atoms with Gasteiger partial charge in [0.05, 0.1) is 16.8 Å². The fraction of sp³-hybridized carbons (Fsp3) is 0.235. The van der Waals surface area contributed by atoms with E-state index in [1.165, 1.54) is 0 Å². The Morgan fingerprint density at radius 3 is 2.73 bits per heavy atom. The molecule has 0 saturated carbocycles. The summed E-state index contributed by atoms with van der Waals surface area (Å²) in [5, 5.41) is 5.00. The highest BCUT2D eigenvalue weighted by molar-refractivity contribution is 7.17. The van der Waals surface area contributed by atoms with E-state index < -0.39 is 0 Å². The molecule has 0 saturated heterocycles. The van der Waals surface area contributed by atoms with Crippen LogP contribution in [0.15, 0.2) is 41.8 Å². The third-order valence-corrected chi connectivity index (χ3v) is 4.44. The number of hydrogen-bond donors (Lipinski definition) is 1. The molecule has 1 amide bonds. The molecule has 3 aromatic rings. The van der Waals surface area contributed by atoms with Gasteiger partial charge in [0.2, 0.25) is 0 Å². The smallest absolute Gasteiger partial charge is 0.268 e. The summed E-state index contributed by atoms with van der Waals surface area (Å²) in [7, 11) is 1.92. The number of amides is 1. The van der Waals surface area contributed by atoms with Gasteiger partial charge in [-0.1, -0.05) is 12.1 Å². The topological polar surface area (TPSA) is 43.3 Å². The summed E-state index contributed by atoms with van der Waals surface area (Å²) >= 11 is 1.65. The molecule has 0 fully saturated rings. The van der Waals surface area contributed by atoms with Crippen LogP contribution in [0.2, 0.25) is 0 Å². The van der Waals surface area contributed by atoms with Gasteiger partial charge in [-0.3, -0.25) is 4.79 Å². The van der Waals surface area contributed by atoms with Crippen LogP contribution in [0.4, 0.5) is 0 Å². The molecule has 114 valence electrons. The molecule has 0 atom stereocenters. The molecule has 3 rings (SSSR count). The van der Waals surface area contributed by atoms with Crippen LogP contribution in [0.25, 0.3) is 10.2 Å². The van der Waals surface area contributed by atoms with Crippen LogP contribution >= 0.6 is 11.3 Å². The van der Waals surface area contributed by atoms with Gasteiger partial charge in [-0.2, -0.15) is 0 Å². The Hall–Kier alpha value is -2.27. The van der Waals surface area contributed by atoms with Gasteiger partial charge in [-0.15, -0.1) is 11.3 Å². The predicted molar refractivity (Wildman–Crippen MR) is 89.6 cm³/mol. The van der Waals surface area contributed by atoms with Crippen LogP contribution in [0.1, 0.15) is 23.0 Å². The number of nitrogens with zero attached hydrogens (tertiary/aromatic N) is 1. The number of carbonyl (C=O) groups excluding carboxylic acids is 1. The minimum Gasteiger partial charge on any atom is -0.494 e. The first-order chi connectivity index (χ1) is 10.7. The van der Waals surface area contributed by atoms with E-state index in [1.807, 2.05) is 60.3 Å². The summed E-state index contributed by atoms with van der Waals surface area (Å²) < 4.78 is 8.47. The van der Waals surface area contributed by atoms with E-state index in [-0.39, 0.29) is 5.91 Å². The van der Waals surface area contributed by atoms with Crippen molar-refractivity contribution in [1.29, 1.82) is 0 Å². The van der Waals surface area contributed by atoms with Crippen molar-refractivity contribution in [2.24, 2.45) is 7.05 Å². The Balaban J connectivity index is 1.66. The second kappa shape index (κ2) is 6.23. The SMILES string of the molecule is CCOc1ccc(CNC(=O)c2cc3sccc3n2C)cc1. The van der Waals surface area contributed by atoms with Crippen molar-refractivity contribution in [2.75, 3.05) is 6.61 Å². The van der Waals surface area contributed by atoms with Crippen molar-refractivity contribution in [3.63, 3.8) is 0 Å². The van der Waals surface area contributed by atoms with E-state index in [1.54, 1.807) is 11.3 Å². The van der Waals surface area contributed by atoms with E-state index in [9.17, 15) is 4.79 Å². The lowest BCUT2D eigenvalue weighted by Crippen LogP contribution is -2.24. The summed E-state index contributed by atoms with van der Waals surface area (Å²) in [6.45, 7) is 3.11. The highest BCUT2D eigenvalue weighted by Gasteiger charge is 2.13. The summed E-state index contributed by atoms with van der Waals surface area (Å²) in [6.07, 6.45) is 0. The Labute approximate surface area is 133 Å². The van der Waals surface area contributed by atoms with Gasteiger partial charge >= 0.3 is 0 Å². The average Bonchev–Trinajstić information content (AvgIpc) is 3.10. The number of carbonyl (C=O) groups is 1. The van der Waals surface area contributed by atoms with Crippen molar-refractivity contribution in [2.45, 2.75) is 13.5 Å². The number of benzene rings is 1. The summed E-state index contributed by atoms with van der Waals surface area (Å²) in [6, 6.07) is 11.7. The molecule has 2 aromatic heterocycles. The lowest BCUT2D eigenvalue weighted by molar-refractivity contribution is 0.0943. The van der Waals surface area contributed by atoms with E-state index in [2.05, 4.69) is 5.32 Å². The quantitative estimate of drug-likeness (QED) is 0.782. The molecule has 1 N–H and O–H groups in total. The average molecular weight is 314 g/mol. The molecular weight excluding hydrogens is 296 g/mol. The molecule has 22 heavy (non-hydrogen) atoms. The molecule has 0 aliphatic carbocycles. The maximum Gasteiger partial charge on any atom is 0.268 e. The first kappa shape index (κ1) is 14.7. The van der Waals surface area contributed by atoms with Gasteiger partial charge in [-0.25, -0.2) is 0 Å². The van der Waals surface area contributed by atoms with Crippen LogP contribution in [-0.4, -0.2) is 17.1 Å². The Kier molecular flexibility index (Phi) is 4.15. The lowest BCUT2D eigenvalue weighted by Gasteiger charge is -2.08. The number of aromatic nitrogens is 1. The maximum absolute atomic E-state index is 12.3. The minimum absolute atomic E-state index is 0.0558. The molecule has 4 nitrogen and oxygen atoms in total. The Morgan fingerprint density at radius 1 is 1.27 bits per heavy atom. The zero-order valence-electron chi connectivity index (χ0n) is 12.6. The zero-order valence-corrected chi connectivity index (χ0v) is 13.4. The molecule has 0 aliphatic heterocycles. The molecule has 2 heterocycles. The monoisotopic (exact) mass is 314 g/mol. The van der Waals surface area contributed by atoms with Crippen molar-refractivity contribution in [3.8, 4) is 5.75 Å². The molecule has 1 aromatic carbocycles. The van der Waals surface area contributed by atoms with Crippen LogP contribution in [0.5, 0.6) is 5.75 Å². The number of ether oxygens (including phenoxy) is 1. The first-order valence-corrected chi connectivity index (χ1v) is 8.10. The minimum atomic E-state index is -0.0558. The highest BCUT2D eigenvalue weighted by Crippen LogP contribution is 2.24. The van der Waals surface area contributed by atoms with Crippen LogP contribution in [0, 0.1) is 0 Å². The maximum atomic E-state index is 12.3. The Bertz CT molecular complexity index is 787. The van der Waals surface area contributed by atoms with Crippen molar-refractivity contribution in [3.05, 3.63) is 53.0 Å². The van der Waals surface area contributed by atoms with Crippen molar-refractivity contribution in [1.82, 2.24) is 9.88 Å². The van der Waals surface area contributed by atoms with Crippen LogP contribution in [-0.2, 0) is 13.6 Å². The van der Waals surface area contributed by atoms with Gasteiger partial charge in [0, 0.05) is 13.6 Å². The predicted octanol–water partition coefficient (Wildman–Crippen LogP) is 3.57. The van der Waals surface area contributed by atoms with Gasteiger partial charge in [0.1, 0.15) is 11.4 Å². The van der Waals surface area contributed by atoms with E-state index >= 15 is 0 Å². The molecule has 0 spiro atoms. The van der Waals surface area contributed by atoms with Gasteiger partial charge in [0.25, 0.3) is 5.91 Å². The Morgan fingerprint density at radius 2 is 2.05 bits per heavy atom. The number of rotatable bonds is 5. The zero-order chi connectivity index (χ0) is 15.5. The molecular formula is C17H18N2O2S. The summed E-state index contributed by atoms with van der Waals surface area (Å²) in [5.41, 5.74) is 2.83. The number of thiophene rings is 1. The third kappa shape index (κ3) is 2.85.